The Kier molecular flexibility index (Phi) is 3.37. The minimum absolute atomic E-state index is 0.411. The van der Waals surface area contributed by atoms with Crippen molar-refractivity contribution in [2.24, 2.45) is 0 Å². The lowest BCUT2D eigenvalue weighted by molar-refractivity contribution is 0.0744. The van der Waals surface area contributed by atoms with Crippen LogP contribution < -0.4 is 9.47 Å². The van der Waals surface area contributed by atoms with Crippen LogP contribution in [0.1, 0.15) is 0 Å². The first-order valence-electron chi connectivity index (χ1n) is 3.45. The van der Waals surface area contributed by atoms with Crippen molar-refractivity contribution in [1.29, 1.82) is 0 Å². The average Bonchev–Trinajstić information content (AvgIpc) is 2.09. The molecule has 2 N–H and O–H groups in total. The molecule has 0 aliphatic rings. The van der Waals surface area contributed by atoms with Gasteiger partial charge in [-0.2, -0.15) is 0 Å². The summed E-state index contributed by atoms with van der Waals surface area (Å²) < 4.78 is 9.62. The predicted molar refractivity (Wildman–Crippen MR) is 41.9 cm³/mol. The van der Waals surface area contributed by atoms with Crippen molar-refractivity contribution in [3.8, 4) is 11.5 Å². The summed E-state index contributed by atoms with van der Waals surface area (Å²) in [4.78, 5) is 0. The van der Waals surface area contributed by atoms with E-state index in [4.69, 9.17) is 19.7 Å². The summed E-state index contributed by atoms with van der Waals surface area (Å²) in [7, 11) is 0. The van der Waals surface area contributed by atoms with Gasteiger partial charge in [-0.05, 0) is 12.1 Å². The maximum Gasteiger partial charge on any atom is 0.186 e. The lowest BCUT2D eigenvalue weighted by Gasteiger charge is -2.08. The fraction of sp³-hybridized carbons (Fsp3) is 0.250. The van der Waals surface area contributed by atoms with E-state index in [1.807, 2.05) is 0 Å². The van der Waals surface area contributed by atoms with Gasteiger partial charge < -0.3 is 19.7 Å². The van der Waals surface area contributed by atoms with Crippen molar-refractivity contribution in [2.75, 3.05) is 13.6 Å². The van der Waals surface area contributed by atoms with E-state index < -0.39 is 13.6 Å². The highest BCUT2D eigenvalue weighted by atomic mass is 16.6. The normalized spacial score (nSPS) is 9.50. The molecule has 1 aromatic rings. The van der Waals surface area contributed by atoms with Crippen LogP contribution in [0.15, 0.2) is 24.3 Å². The third kappa shape index (κ3) is 2.11. The molecule has 1 rings (SSSR count). The second-order valence-corrected chi connectivity index (χ2v) is 1.99. The van der Waals surface area contributed by atoms with Crippen LogP contribution in [0.2, 0.25) is 0 Å². The van der Waals surface area contributed by atoms with E-state index in [-0.39, 0.29) is 0 Å². The number of aliphatic hydroxyl groups excluding tert-OH is 2. The van der Waals surface area contributed by atoms with Crippen molar-refractivity contribution in [1.82, 2.24) is 0 Å². The molecule has 0 fully saturated rings. The molecule has 4 heteroatoms. The van der Waals surface area contributed by atoms with Gasteiger partial charge in [0, 0.05) is 0 Å². The van der Waals surface area contributed by atoms with Gasteiger partial charge in [0.2, 0.25) is 0 Å². The summed E-state index contributed by atoms with van der Waals surface area (Å²) in [6, 6.07) is 6.77. The van der Waals surface area contributed by atoms with Crippen LogP contribution >= 0.6 is 0 Å². The highest BCUT2D eigenvalue weighted by Crippen LogP contribution is 2.25. The van der Waals surface area contributed by atoms with Crippen LogP contribution in [0.25, 0.3) is 0 Å². The Bertz CT molecular complexity index is 211. The molecule has 0 aromatic heterocycles. The summed E-state index contributed by atoms with van der Waals surface area (Å²) >= 11 is 0. The van der Waals surface area contributed by atoms with Crippen molar-refractivity contribution in [3.05, 3.63) is 24.3 Å². The fourth-order valence-electron chi connectivity index (χ4n) is 0.828. The van der Waals surface area contributed by atoms with Gasteiger partial charge in [-0.3, -0.25) is 0 Å². The lowest BCUT2D eigenvalue weighted by atomic mass is 10.3. The molecule has 0 heterocycles. The van der Waals surface area contributed by atoms with Gasteiger partial charge in [0.15, 0.2) is 25.1 Å². The van der Waals surface area contributed by atoms with E-state index in [0.29, 0.717) is 11.5 Å². The molecule has 0 aliphatic heterocycles. The zero-order chi connectivity index (χ0) is 8.81. The fourth-order valence-corrected chi connectivity index (χ4v) is 0.828. The topological polar surface area (TPSA) is 58.9 Å². The van der Waals surface area contributed by atoms with Gasteiger partial charge in [-0.25, -0.2) is 0 Å². The Balaban J connectivity index is 2.77. The first-order valence-corrected chi connectivity index (χ1v) is 3.45. The molecule has 66 valence electrons. The number of benzene rings is 1. The highest BCUT2D eigenvalue weighted by molar-refractivity contribution is 5.39. The first kappa shape index (κ1) is 8.83. The van der Waals surface area contributed by atoms with E-state index in [0.717, 1.165) is 0 Å². The van der Waals surface area contributed by atoms with Gasteiger partial charge in [-0.1, -0.05) is 12.1 Å². The van der Waals surface area contributed by atoms with Crippen LogP contribution in [-0.2, 0) is 0 Å². The van der Waals surface area contributed by atoms with E-state index in [9.17, 15) is 0 Å². The summed E-state index contributed by atoms with van der Waals surface area (Å²) in [5, 5.41) is 16.9. The van der Waals surface area contributed by atoms with Crippen LogP contribution in [0.4, 0.5) is 0 Å². The Morgan fingerprint density at radius 3 is 1.67 bits per heavy atom. The summed E-state index contributed by atoms with van der Waals surface area (Å²) in [5.74, 6) is 0.822. The molecular formula is C8H10O4. The smallest absolute Gasteiger partial charge is 0.186 e. The molecule has 1 aromatic carbocycles. The number of aliphatic hydroxyl groups is 2. The average molecular weight is 170 g/mol. The monoisotopic (exact) mass is 170 g/mol. The number of hydrogen-bond donors (Lipinski definition) is 2. The second-order valence-electron chi connectivity index (χ2n) is 1.99. The molecule has 4 nitrogen and oxygen atoms in total. The maximum absolute atomic E-state index is 8.47. The molecule has 0 aliphatic carbocycles. The Morgan fingerprint density at radius 2 is 1.33 bits per heavy atom. The summed E-state index contributed by atoms with van der Waals surface area (Å²) in [5.41, 5.74) is 0. The second kappa shape index (κ2) is 4.58. The number of para-hydroxylation sites is 2. The van der Waals surface area contributed by atoms with E-state index >= 15 is 0 Å². The summed E-state index contributed by atoms with van der Waals surface area (Å²) in [6.07, 6.45) is 0. The molecule has 12 heavy (non-hydrogen) atoms. The highest BCUT2D eigenvalue weighted by Gasteiger charge is 2.01. The molecule has 0 saturated carbocycles. The molecule has 0 unspecified atom stereocenters. The van der Waals surface area contributed by atoms with Crippen molar-refractivity contribution < 1.29 is 19.7 Å². The Morgan fingerprint density at radius 1 is 0.917 bits per heavy atom. The van der Waals surface area contributed by atoms with Gasteiger partial charge >= 0.3 is 0 Å². The first-order chi connectivity index (χ1) is 5.88. The minimum Gasteiger partial charge on any atom is -0.464 e. The van der Waals surface area contributed by atoms with Gasteiger partial charge in [0.05, 0.1) is 0 Å². The van der Waals surface area contributed by atoms with Crippen LogP contribution in [0.3, 0.4) is 0 Å². The minimum atomic E-state index is -0.411. The van der Waals surface area contributed by atoms with Crippen LogP contribution in [0.5, 0.6) is 11.5 Å². The van der Waals surface area contributed by atoms with E-state index in [2.05, 4.69) is 0 Å². The number of ether oxygens (including phenoxy) is 2. The number of rotatable bonds is 4. The standard InChI is InChI=1S/C8H10O4/c9-5-11-7-3-1-2-4-8(7)12-6-10/h1-4,9-10H,5-6H2. The number of hydrogen-bond acceptors (Lipinski definition) is 4. The van der Waals surface area contributed by atoms with Crippen molar-refractivity contribution in [3.63, 3.8) is 0 Å². The zero-order valence-corrected chi connectivity index (χ0v) is 6.43. The maximum atomic E-state index is 8.47. The molecule has 0 atom stereocenters. The third-order valence-electron chi connectivity index (χ3n) is 1.29. The van der Waals surface area contributed by atoms with Gasteiger partial charge in [0.25, 0.3) is 0 Å². The molecule has 0 saturated heterocycles. The van der Waals surface area contributed by atoms with Gasteiger partial charge in [0.1, 0.15) is 0 Å². The van der Waals surface area contributed by atoms with Crippen molar-refractivity contribution >= 4 is 0 Å². The summed E-state index contributed by atoms with van der Waals surface area (Å²) in [6.45, 7) is -0.822. The molecule has 0 radical (unpaired) electrons. The molecular weight excluding hydrogens is 160 g/mol. The Hall–Kier alpha value is -1.26. The van der Waals surface area contributed by atoms with E-state index in [1.165, 1.54) is 0 Å². The quantitative estimate of drug-likeness (QED) is 0.640. The van der Waals surface area contributed by atoms with Crippen LogP contribution in [-0.4, -0.2) is 23.8 Å². The van der Waals surface area contributed by atoms with Crippen molar-refractivity contribution in [2.45, 2.75) is 0 Å². The SMILES string of the molecule is OCOc1ccccc1OCO. The third-order valence-corrected chi connectivity index (χ3v) is 1.29. The van der Waals surface area contributed by atoms with Gasteiger partial charge in [-0.15, -0.1) is 0 Å². The largest absolute Gasteiger partial charge is 0.464 e. The molecule has 0 bridgehead atoms. The molecule has 0 spiro atoms. The predicted octanol–water partition coefficient (Wildman–Crippen LogP) is 0.344. The Labute approximate surface area is 70.0 Å². The van der Waals surface area contributed by atoms with Crippen LogP contribution in [0, 0.1) is 0 Å². The van der Waals surface area contributed by atoms with E-state index in [1.54, 1.807) is 24.3 Å². The zero-order valence-electron chi connectivity index (χ0n) is 6.43. The lowest BCUT2D eigenvalue weighted by Crippen LogP contribution is -2.00. The molecule has 0 amide bonds.